The van der Waals surface area contributed by atoms with Gasteiger partial charge in [-0.1, -0.05) is 25.1 Å². The van der Waals surface area contributed by atoms with Gasteiger partial charge in [0.05, 0.1) is 0 Å². The first kappa shape index (κ1) is 11.1. The number of rotatable bonds is 2. The van der Waals surface area contributed by atoms with Crippen molar-refractivity contribution in [2.45, 2.75) is 26.3 Å². The number of hydrogen-bond acceptors (Lipinski definition) is 1. The highest BCUT2D eigenvalue weighted by atomic mass is 19.1. The fourth-order valence-electron chi connectivity index (χ4n) is 2.12. The van der Waals surface area contributed by atoms with E-state index in [-0.39, 0.29) is 17.6 Å². The van der Waals surface area contributed by atoms with E-state index < -0.39 is 0 Å². The zero-order valence-electron chi connectivity index (χ0n) is 9.45. The van der Waals surface area contributed by atoms with Gasteiger partial charge in [0.1, 0.15) is 5.82 Å². The number of carbonyl (C=O) groups is 1. The Morgan fingerprint density at radius 1 is 1.44 bits per heavy atom. The Hall–Kier alpha value is -1.38. The average Bonchev–Trinajstić information content (AvgIpc) is 2.28. The van der Waals surface area contributed by atoms with Crippen LogP contribution in [-0.2, 0) is 11.3 Å². The summed E-state index contributed by atoms with van der Waals surface area (Å²) >= 11 is 0. The summed E-state index contributed by atoms with van der Waals surface area (Å²) in [5.74, 6) is 0.00329. The Labute approximate surface area is 95.1 Å². The number of carbonyl (C=O) groups excluding carboxylic acids is 1. The van der Waals surface area contributed by atoms with E-state index in [9.17, 15) is 9.18 Å². The summed E-state index contributed by atoms with van der Waals surface area (Å²) in [6, 6.07) is 6.64. The summed E-state index contributed by atoms with van der Waals surface area (Å²) in [4.78, 5) is 13.6. The van der Waals surface area contributed by atoms with Crippen molar-refractivity contribution in [1.29, 1.82) is 0 Å². The van der Waals surface area contributed by atoms with Crippen LogP contribution in [0.3, 0.4) is 0 Å². The van der Waals surface area contributed by atoms with Gasteiger partial charge in [0.2, 0.25) is 5.91 Å². The number of amides is 1. The second kappa shape index (κ2) is 4.64. The molecule has 1 fully saturated rings. The van der Waals surface area contributed by atoms with Gasteiger partial charge in [0.25, 0.3) is 0 Å². The Bertz CT molecular complexity index is 391. The molecule has 1 aromatic rings. The van der Waals surface area contributed by atoms with Crippen LogP contribution in [0.25, 0.3) is 0 Å². The maximum atomic E-state index is 13.4. The monoisotopic (exact) mass is 221 g/mol. The summed E-state index contributed by atoms with van der Waals surface area (Å²) in [5, 5.41) is 0. The summed E-state index contributed by atoms with van der Waals surface area (Å²) in [6.07, 6.45) is 1.97. The van der Waals surface area contributed by atoms with Crippen LogP contribution in [0, 0.1) is 11.7 Å². The highest BCUT2D eigenvalue weighted by molar-refractivity contribution is 5.79. The summed E-state index contributed by atoms with van der Waals surface area (Å²) in [6.45, 7) is 3.09. The standard InChI is InChI=1S/C13H16FNO/c1-10-5-4-8-15(13(10)16)9-11-6-2-3-7-12(11)14/h2-3,6-7,10H,4-5,8-9H2,1H3. The Kier molecular flexibility index (Phi) is 3.22. The summed E-state index contributed by atoms with van der Waals surface area (Å²) in [5.41, 5.74) is 0.602. The molecule has 1 amide bonds. The normalized spacial score (nSPS) is 21.2. The van der Waals surface area contributed by atoms with E-state index in [4.69, 9.17) is 0 Å². The molecular weight excluding hydrogens is 205 g/mol. The smallest absolute Gasteiger partial charge is 0.225 e. The van der Waals surface area contributed by atoms with Crippen LogP contribution < -0.4 is 0 Å². The van der Waals surface area contributed by atoms with Gasteiger partial charge in [-0.2, -0.15) is 0 Å². The van der Waals surface area contributed by atoms with E-state index in [1.165, 1.54) is 6.07 Å². The molecule has 0 aliphatic carbocycles. The third kappa shape index (κ3) is 2.23. The van der Waals surface area contributed by atoms with Gasteiger partial charge in [0.15, 0.2) is 0 Å². The van der Waals surface area contributed by atoms with Gasteiger partial charge >= 0.3 is 0 Å². The van der Waals surface area contributed by atoms with E-state index in [1.54, 1.807) is 23.1 Å². The maximum absolute atomic E-state index is 13.4. The van der Waals surface area contributed by atoms with E-state index in [0.717, 1.165) is 19.4 Å². The minimum absolute atomic E-state index is 0.0838. The second-order valence-electron chi connectivity index (χ2n) is 4.39. The van der Waals surface area contributed by atoms with Crippen LogP contribution >= 0.6 is 0 Å². The van der Waals surface area contributed by atoms with Crippen molar-refractivity contribution in [3.63, 3.8) is 0 Å². The molecule has 1 atom stereocenters. The molecule has 2 rings (SSSR count). The summed E-state index contributed by atoms with van der Waals surface area (Å²) in [7, 11) is 0. The fraction of sp³-hybridized carbons (Fsp3) is 0.462. The lowest BCUT2D eigenvalue weighted by molar-refractivity contribution is -0.138. The third-order valence-electron chi connectivity index (χ3n) is 3.12. The first-order valence-electron chi connectivity index (χ1n) is 5.70. The van der Waals surface area contributed by atoms with Crippen molar-refractivity contribution < 1.29 is 9.18 Å². The van der Waals surface area contributed by atoms with Crippen LogP contribution in [0.5, 0.6) is 0 Å². The number of halogens is 1. The molecule has 3 heteroatoms. The van der Waals surface area contributed by atoms with Crippen molar-refractivity contribution in [2.75, 3.05) is 6.54 Å². The van der Waals surface area contributed by atoms with Crippen LogP contribution in [0.15, 0.2) is 24.3 Å². The largest absolute Gasteiger partial charge is 0.338 e. The minimum Gasteiger partial charge on any atom is -0.338 e. The fourth-order valence-corrected chi connectivity index (χ4v) is 2.12. The predicted octanol–water partition coefficient (Wildman–Crippen LogP) is 2.58. The molecule has 0 aromatic heterocycles. The molecule has 86 valence electrons. The zero-order valence-corrected chi connectivity index (χ0v) is 9.45. The zero-order chi connectivity index (χ0) is 11.5. The maximum Gasteiger partial charge on any atom is 0.225 e. The van der Waals surface area contributed by atoms with Crippen molar-refractivity contribution in [3.05, 3.63) is 35.6 Å². The average molecular weight is 221 g/mol. The molecule has 0 N–H and O–H groups in total. The van der Waals surface area contributed by atoms with Crippen LogP contribution in [0.2, 0.25) is 0 Å². The first-order valence-corrected chi connectivity index (χ1v) is 5.70. The lowest BCUT2D eigenvalue weighted by Gasteiger charge is -2.30. The molecule has 16 heavy (non-hydrogen) atoms. The lowest BCUT2D eigenvalue weighted by Crippen LogP contribution is -2.39. The van der Waals surface area contributed by atoms with Gasteiger partial charge < -0.3 is 4.90 Å². The molecule has 0 spiro atoms. The van der Waals surface area contributed by atoms with E-state index in [0.29, 0.717) is 12.1 Å². The molecule has 0 radical (unpaired) electrons. The van der Waals surface area contributed by atoms with Gasteiger partial charge in [-0.05, 0) is 18.9 Å². The number of likely N-dealkylation sites (tertiary alicyclic amines) is 1. The summed E-state index contributed by atoms with van der Waals surface area (Å²) < 4.78 is 13.4. The second-order valence-corrected chi connectivity index (χ2v) is 4.39. The topological polar surface area (TPSA) is 20.3 Å². The highest BCUT2D eigenvalue weighted by Crippen LogP contribution is 2.20. The molecule has 1 unspecified atom stereocenters. The number of nitrogens with zero attached hydrogens (tertiary/aromatic N) is 1. The minimum atomic E-state index is -0.228. The lowest BCUT2D eigenvalue weighted by atomic mass is 9.98. The molecular formula is C13H16FNO. The van der Waals surface area contributed by atoms with E-state index in [1.807, 2.05) is 6.92 Å². The number of hydrogen-bond donors (Lipinski definition) is 0. The van der Waals surface area contributed by atoms with Crippen molar-refractivity contribution in [2.24, 2.45) is 5.92 Å². The Morgan fingerprint density at radius 2 is 2.19 bits per heavy atom. The van der Waals surface area contributed by atoms with E-state index >= 15 is 0 Å². The van der Waals surface area contributed by atoms with Gasteiger partial charge in [-0.25, -0.2) is 4.39 Å². The Morgan fingerprint density at radius 3 is 2.94 bits per heavy atom. The first-order chi connectivity index (χ1) is 7.68. The van der Waals surface area contributed by atoms with E-state index in [2.05, 4.69) is 0 Å². The quantitative estimate of drug-likeness (QED) is 0.751. The highest BCUT2D eigenvalue weighted by Gasteiger charge is 2.25. The van der Waals surface area contributed by atoms with Crippen LogP contribution in [0.4, 0.5) is 4.39 Å². The molecule has 1 heterocycles. The molecule has 0 saturated carbocycles. The van der Waals surface area contributed by atoms with Gasteiger partial charge in [-0.3, -0.25) is 4.79 Å². The van der Waals surface area contributed by atoms with Crippen molar-refractivity contribution in [3.8, 4) is 0 Å². The van der Waals surface area contributed by atoms with Crippen molar-refractivity contribution >= 4 is 5.91 Å². The van der Waals surface area contributed by atoms with Crippen LogP contribution in [-0.4, -0.2) is 17.4 Å². The molecule has 0 bridgehead atoms. The number of benzene rings is 1. The SMILES string of the molecule is CC1CCCN(Cc2ccccc2F)C1=O. The molecule has 1 aliphatic rings. The molecule has 1 saturated heterocycles. The third-order valence-corrected chi connectivity index (χ3v) is 3.12. The molecule has 2 nitrogen and oxygen atoms in total. The molecule has 1 aliphatic heterocycles. The molecule has 1 aromatic carbocycles. The van der Waals surface area contributed by atoms with Crippen LogP contribution in [0.1, 0.15) is 25.3 Å². The number of piperidine rings is 1. The van der Waals surface area contributed by atoms with Crippen molar-refractivity contribution in [1.82, 2.24) is 4.90 Å². The Balaban J connectivity index is 2.10. The van der Waals surface area contributed by atoms with Gasteiger partial charge in [-0.15, -0.1) is 0 Å². The van der Waals surface area contributed by atoms with Gasteiger partial charge in [0, 0.05) is 24.6 Å². The predicted molar refractivity (Wildman–Crippen MR) is 60.2 cm³/mol.